The predicted octanol–water partition coefficient (Wildman–Crippen LogP) is -0.0366. The van der Waals surface area contributed by atoms with Gasteiger partial charge in [-0.05, 0) is 13.8 Å². The highest BCUT2D eigenvalue weighted by Crippen LogP contribution is 2.08. The summed E-state index contributed by atoms with van der Waals surface area (Å²) in [5.41, 5.74) is 0. The summed E-state index contributed by atoms with van der Waals surface area (Å²) in [5, 5.41) is 5.46. The molecule has 0 saturated carbocycles. The van der Waals surface area contributed by atoms with E-state index in [1.165, 1.54) is 7.11 Å². The maximum atomic E-state index is 11.4. The standard InChI is InChI=1S/C6H12N4O3S/c1-4(2)14(11,12)10-5-7-6(13-3)9-8-5/h4H,1-3H3,(H2,7,8,9,10). The number of sulfonamides is 1. The molecule has 0 aliphatic heterocycles. The van der Waals surface area contributed by atoms with E-state index >= 15 is 0 Å². The van der Waals surface area contributed by atoms with Gasteiger partial charge in [-0.25, -0.2) is 13.5 Å². The maximum Gasteiger partial charge on any atom is 0.336 e. The van der Waals surface area contributed by atoms with Crippen molar-refractivity contribution in [3.63, 3.8) is 0 Å². The van der Waals surface area contributed by atoms with Crippen LogP contribution in [0, 0.1) is 0 Å². The van der Waals surface area contributed by atoms with Crippen molar-refractivity contribution in [2.75, 3.05) is 11.8 Å². The Hall–Kier alpha value is -1.31. The van der Waals surface area contributed by atoms with E-state index in [0.717, 1.165) is 0 Å². The summed E-state index contributed by atoms with van der Waals surface area (Å²) in [7, 11) is -1.99. The molecule has 1 heterocycles. The molecule has 0 radical (unpaired) electrons. The van der Waals surface area contributed by atoms with Crippen LogP contribution in [-0.4, -0.2) is 36.0 Å². The number of nitrogens with one attached hydrogen (secondary N) is 2. The van der Waals surface area contributed by atoms with Crippen LogP contribution < -0.4 is 9.46 Å². The number of anilines is 1. The number of aromatic nitrogens is 3. The fourth-order valence-corrected chi connectivity index (χ4v) is 1.23. The summed E-state index contributed by atoms with van der Waals surface area (Å²) in [4.78, 5) is 3.72. The number of hydrogen-bond donors (Lipinski definition) is 2. The van der Waals surface area contributed by atoms with Crippen LogP contribution >= 0.6 is 0 Å². The van der Waals surface area contributed by atoms with Gasteiger partial charge >= 0.3 is 6.01 Å². The summed E-state index contributed by atoms with van der Waals surface area (Å²) in [6.07, 6.45) is 0. The molecule has 1 aromatic heterocycles. The van der Waals surface area contributed by atoms with E-state index in [1.807, 2.05) is 0 Å². The SMILES string of the molecule is COc1n[nH]c(NS(=O)(=O)C(C)C)n1. The second kappa shape index (κ2) is 3.82. The third-order valence-electron chi connectivity index (χ3n) is 1.51. The van der Waals surface area contributed by atoms with Crippen molar-refractivity contribution in [1.29, 1.82) is 0 Å². The quantitative estimate of drug-likeness (QED) is 0.742. The molecule has 7 nitrogen and oxygen atoms in total. The van der Waals surface area contributed by atoms with Gasteiger partial charge in [-0.1, -0.05) is 0 Å². The van der Waals surface area contributed by atoms with Gasteiger partial charge in [0.2, 0.25) is 16.0 Å². The third kappa shape index (κ3) is 2.34. The first-order valence-electron chi connectivity index (χ1n) is 3.93. The van der Waals surface area contributed by atoms with Crippen molar-refractivity contribution in [3.8, 4) is 6.01 Å². The van der Waals surface area contributed by atoms with Crippen LogP contribution in [0.25, 0.3) is 0 Å². The topological polar surface area (TPSA) is 97.0 Å². The van der Waals surface area contributed by atoms with Crippen molar-refractivity contribution in [2.24, 2.45) is 0 Å². The van der Waals surface area contributed by atoms with Crippen LogP contribution in [0.1, 0.15) is 13.8 Å². The van der Waals surface area contributed by atoms with Crippen LogP contribution in [0.3, 0.4) is 0 Å². The number of nitrogens with zero attached hydrogens (tertiary/aromatic N) is 2. The molecular weight excluding hydrogens is 208 g/mol. The largest absolute Gasteiger partial charge is 0.466 e. The van der Waals surface area contributed by atoms with Gasteiger partial charge in [0.05, 0.1) is 12.4 Å². The zero-order chi connectivity index (χ0) is 10.8. The van der Waals surface area contributed by atoms with E-state index < -0.39 is 15.3 Å². The first kappa shape index (κ1) is 10.8. The summed E-state index contributed by atoms with van der Waals surface area (Å²) >= 11 is 0. The van der Waals surface area contributed by atoms with E-state index in [1.54, 1.807) is 13.8 Å². The van der Waals surface area contributed by atoms with Crippen molar-refractivity contribution < 1.29 is 13.2 Å². The summed E-state index contributed by atoms with van der Waals surface area (Å²) in [6, 6.07) is 0.0893. The molecule has 0 spiro atoms. The van der Waals surface area contributed by atoms with Gasteiger partial charge in [0.1, 0.15) is 0 Å². The number of methoxy groups -OCH3 is 1. The fraction of sp³-hybridized carbons (Fsp3) is 0.667. The molecule has 2 N–H and O–H groups in total. The van der Waals surface area contributed by atoms with Gasteiger partial charge in [-0.2, -0.15) is 4.98 Å². The van der Waals surface area contributed by atoms with E-state index in [9.17, 15) is 8.42 Å². The van der Waals surface area contributed by atoms with Crippen LogP contribution in [0.4, 0.5) is 5.95 Å². The third-order valence-corrected chi connectivity index (χ3v) is 3.23. The maximum absolute atomic E-state index is 11.4. The molecule has 0 amide bonds. The molecule has 1 aromatic rings. The second-order valence-corrected chi connectivity index (χ2v) is 5.10. The lowest BCUT2D eigenvalue weighted by Crippen LogP contribution is -2.23. The monoisotopic (exact) mass is 220 g/mol. The summed E-state index contributed by atoms with van der Waals surface area (Å²) in [6.45, 7) is 3.13. The molecule has 0 bridgehead atoms. The Bertz CT molecular complexity index is 397. The van der Waals surface area contributed by atoms with E-state index in [-0.39, 0.29) is 12.0 Å². The second-order valence-electron chi connectivity index (χ2n) is 2.87. The Labute approximate surface area is 81.9 Å². The Morgan fingerprint density at radius 3 is 2.57 bits per heavy atom. The number of H-pyrrole nitrogens is 1. The molecule has 0 aliphatic rings. The Morgan fingerprint density at radius 2 is 2.14 bits per heavy atom. The molecule has 8 heteroatoms. The van der Waals surface area contributed by atoms with Gasteiger partial charge < -0.3 is 4.74 Å². The fourth-order valence-electron chi connectivity index (χ4n) is 0.636. The average molecular weight is 220 g/mol. The lowest BCUT2D eigenvalue weighted by molar-refractivity contribution is 0.382. The predicted molar refractivity (Wildman–Crippen MR) is 50.6 cm³/mol. The average Bonchev–Trinajstić information content (AvgIpc) is 2.51. The van der Waals surface area contributed by atoms with Crippen molar-refractivity contribution in [1.82, 2.24) is 15.2 Å². The first-order valence-corrected chi connectivity index (χ1v) is 5.48. The number of ether oxygens (including phenoxy) is 1. The van der Waals surface area contributed by atoms with Gasteiger partial charge in [-0.15, -0.1) is 5.10 Å². The molecule has 0 aliphatic carbocycles. The molecule has 0 aromatic carbocycles. The minimum absolute atomic E-state index is 0.0514. The minimum Gasteiger partial charge on any atom is -0.466 e. The first-order chi connectivity index (χ1) is 6.45. The van der Waals surface area contributed by atoms with E-state index in [0.29, 0.717) is 0 Å². The van der Waals surface area contributed by atoms with Crippen molar-refractivity contribution in [3.05, 3.63) is 0 Å². The highest BCUT2D eigenvalue weighted by molar-refractivity contribution is 7.93. The molecule has 0 fully saturated rings. The van der Waals surface area contributed by atoms with Crippen LogP contribution in [0.2, 0.25) is 0 Å². The lowest BCUT2D eigenvalue weighted by Gasteiger charge is -2.06. The summed E-state index contributed by atoms with van der Waals surface area (Å²) in [5.74, 6) is 0.0514. The van der Waals surface area contributed by atoms with Gasteiger partial charge in [0.15, 0.2) is 0 Å². The highest BCUT2D eigenvalue weighted by Gasteiger charge is 2.17. The van der Waals surface area contributed by atoms with Crippen molar-refractivity contribution in [2.45, 2.75) is 19.1 Å². The Kier molecular flexibility index (Phi) is 2.94. The zero-order valence-corrected chi connectivity index (χ0v) is 8.92. The normalized spacial score (nSPS) is 11.7. The van der Waals surface area contributed by atoms with Crippen LogP contribution in [-0.2, 0) is 10.0 Å². The number of aromatic amines is 1. The molecule has 80 valence electrons. The number of hydrogen-bond acceptors (Lipinski definition) is 5. The Morgan fingerprint density at radius 1 is 1.50 bits per heavy atom. The molecule has 0 atom stereocenters. The molecule has 0 saturated heterocycles. The van der Waals surface area contributed by atoms with Gasteiger partial charge in [0, 0.05) is 0 Å². The van der Waals surface area contributed by atoms with E-state index in [4.69, 9.17) is 0 Å². The summed E-state index contributed by atoms with van der Waals surface area (Å²) < 4.78 is 29.6. The molecule has 1 rings (SSSR count). The van der Waals surface area contributed by atoms with Crippen LogP contribution in [0.5, 0.6) is 6.01 Å². The lowest BCUT2D eigenvalue weighted by atomic mass is 10.6. The Balaban J connectivity index is 2.79. The smallest absolute Gasteiger partial charge is 0.336 e. The van der Waals surface area contributed by atoms with E-state index in [2.05, 4.69) is 24.6 Å². The zero-order valence-electron chi connectivity index (χ0n) is 8.10. The van der Waals surface area contributed by atoms with Gasteiger partial charge in [0.25, 0.3) is 0 Å². The number of rotatable bonds is 4. The molecule has 14 heavy (non-hydrogen) atoms. The minimum atomic E-state index is -3.39. The molecule has 0 unspecified atom stereocenters. The van der Waals surface area contributed by atoms with Gasteiger partial charge in [-0.3, -0.25) is 4.72 Å². The highest BCUT2D eigenvalue weighted by atomic mass is 32.2. The van der Waals surface area contributed by atoms with Crippen LogP contribution in [0.15, 0.2) is 0 Å². The molecular formula is C6H12N4O3S. The van der Waals surface area contributed by atoms with Crippen molar-refractivity contribution >= 4 is 16.0 Å².